The van der Waals surface area contributed by atoms with Crippen molar-refractivity contribution in [3.63, 3.8) is 0 Å². The van der Waals surface area contributed by atoms with Crippen LogP contribution < -0.4 is 0 Å². The first-order valence-corrected chi connectivity index (χ1v) is 8.29. The molecule has 0 N–H and O–H groups in total. The summed E-state index contributed by atoms with van der Waals surface area (Å²) in [4.78, 5) is 15.3. The van der Waals surface area contributed by atoms with Gasteiger partial charge in [-0.3, -0.25) is 4.79 Å². The summed E-state index contributed by atoms with van der Waals surface area (Å²) in [5.41, 5.74) is 0.826. The highest BCUT2D eigenvalue weighted by Gasteiger charge is 2.63. The molecule has 20 heavy (non-hydrogen) atoms. The molecule has 3 nitrogen and oxygen atoms in total. The molecule has 0 aromatic carbocycles. The number of amides is 1. The molecule has 0 aromatic rings. The molecule has 3 heteroatoms. The molecule has 5 rings (SSSR count). The summed E-state index contributed by atoms with van der Waals surface area (Å²) in [6.45, 7) is 7.94. The van der Waals surface area contributed by atoms with Crippen LogP contribution in [0.1, 0.15) is 52.4 Å². The van der Waals surface area contributed by atoms with E-state index in [-0.39, 0.29) is 5.41 Å². The van der Waals surface area contributed by atoms with Crippen LogP contribution in [0.2, 0.25) is 0 Å². The van der Waals surface area contributed by atoms with E-state index >= 15 is 0 Å². The zero-order chi connectivity index (χ0) is 14.0. The van der Waals surface area contributed by atoms with E-state index in [9.17, 15) is 4.79 Å². The molecule has 1 amide bonds. The monoisotopic (exact) mass is 277 g/mol. The standard InChI is InChI=1S/C17H27NO2/c1-15-7-13-8-16(2,10-15)12-17(9-13,11-15)14(19)18-3-5-20-6-4-18/h13H,3-12H2,1-2H3. The topological polar surface area (TPSA) is 29.5 Å². The van der Waals surface area contributed by atoms with Crippen molar-refractivity contribution in [2.24, 2.45) is 22.2 Å². The zero-order valence-corrected chi connectivity index (χ0v) is 12.9. The van der Waals surface area contributed by atoms with E-state index in [2.05, 4.69) is 18.7 Å². The Labute approximate surface area is 122 Å². The van der Waals surface area contributed by atoms with Gasteiger partial charge in [0, 0.05) is 13.1 Å². The zero-order valence-electron chi connectivity index (χ0n) is 12.9. The third-order valence-corrected chi connectivity index (χ3v) is 6.38. The Balaban J connectivity index is 1.64. The summed E-state index contributed by atoms with van der Waals surface area (Å²) < 4.78 is 5.41. The summed E-state index contributed by atoms with van der Waals surface area (Å²) in [6.07, 6.45) is 7.51. The summed E-state index contributed by atoms with van der Waals surface area (Å²) in [6, 6.07) is 0. The molecule has 5 aliphatic rings. The molecular weight excluding hydrogens is 250 g/mol. The third-order valence-electron chi connectivity index (χ3n) is 6.38. The number of nitrogens with zero attached hydrogens (tertiary/aromatic N) is 1. The lowest BCUT2D eigenvalue weighted by Gasteiger charge is -2.65. The Bertz CT molecular complexity index is 422. The Morgan fingerprint density at radius 1 is 1.00 bits per heavy atom. The number of ether oxygens (including phenoxy) is 1. The quantitative estimate of drug-likeness (QED) is 0.737. The van der Waals surface area contributed by atoms with Crippen molar-refractivity contribution >= 4 is 5.91 Å². The van der Waals surface area contributed by atoms with Gasteiger partial charge in [0.1, 0.15) is 0 Å². The average molecular weight is 277 g/mol. The van der Waals surface area contributed by atoms with E-state index in [1.807, 2.05) is 0 Å². The first-order valence-electron chi connectivity index (χ1n) is 8.29. The molecule has 2 unspecified atom stereocenters. The van der Waals surface area contributed by atoms with Crippen molar-refractivity contribution in [1.29, 1.82) is 0 Å². The second-order valence-corrected chi connectivity index (χ2v) is 8.81. The van der Waals surface area contributed by atoms with Crippen LogP contribution >= 0.6 is 0 Å². The number of hydrogen-bond donors (Lipinski definition) is 0. The van der Waals surface area contributed by atoms with Crippen molar-refractivity contribution in [2.45, 2.75) is 52.4 Å². The molecule has 4 bridgehead atoms. The van der Waals surface area contributed by atoms with Crippen molar-refractivity contribution in [3.8, 4) is 0 Å². The van der Waals surface area contributed by atoms with Crippen LogP contribution in [0.15, 0.2) is 0 Å². The highest BCUT2D eigenvalue weighted by atomic mass is 16.5. The Morgan fingerprint density at radius 2 is 1.60 bits per heavy atom. The van der Waals surface area contributed by atoms with Gasteiger partial charge in [0.25, 0.3) is 0 Å². The van der Waals surface area contributed by atoms with Crippen LogP contribution in [-0.2, 0) is 9.53 Å². The highest BCUT2D eigenvalue weighted by Crippen LogP contribution is 2.69. The van der Waals surface area contributed by atoms with Gasteiger partial charge in [-0.1, -0.05) is 13.8 Å². The average Bonchev–Trinajstić information content (AvgIpc) is 2.34. The number of morpholine rings is 1. The molecule has 4 aliphatic carbocycles. The minimum absolute atomic E-state index is 0.0275. The first kappa shape index (κ1) is 13.1. The number of rotatable bonds is 1. The van der Waals surface area contributed by atoms with Gasteiger partial charge in [-0.25, -0.2) is 0 Å². The maximum absolute atomic E-state index is 13.2. The SMILES string of the molecule is CC12CC3CC(C)(C1)CC(C(=O)N1CCOCC1)(C3)C2. The predicted octanol–water partition coefficient (Wildman–Crippen LogP) is 2.84. The predicted molar refractivity (Wildman–Crippen MR) is 77.2 cm³/mol. The third kappa shape index (κ3) is 1.85. The summed E-state index contributed by atoms with van der Waals surface area (Å²) in [5, 5.41) is 0. The Hall–Kier alpha value is -0.570. The molecule has 0 spiro atoms. The lowest BCUT2D eigenvalue weighted by Crippen LogP contribution is -2.61. The fourth-order valence-corrected chi connectivity index (χ4v) is 6.79. The maximum Gasteiger partial charge on any atom is 0.228 e. The summed E-state index contributed by atoms with van der Waals surface area (Å²) >= 11 is 0. The molecular formula is C17H27NO2. The molecule has 4 saturated carbocycles. The number of hydrogen-bond acceptors (Lipinski definition) is 2. The number of carbonyl (C=O) groups is 1. The van der Waals surface area contributed by atoms with Crippen LogP contribution in [-0.4, -0.2) is 37.1 Å². The minimum atomic E-state index is -0.0275. The molecule has 0 radical (unpaired) electrons. The fraction of sp³-hybridized carbons (Fsp3) is 0.941. The normalized spacial score (nSPS) is 50.5. The minimum Gasteiger partial charge on any atom is -0.378 e. The van der Waals surface area contributed by atoms with Crippen molar-refractivity contribution < 1.29 is 9.53 Å². The van der Waals surface area contributed by atoms with Crippen LogP contribution in [0, 0.1) is 22.2 Å². The summed E-state index contributed by atoms with van der Waals surface area (Å²) in [7, 11) is 0. The van der Waals surface area contributed by atoms with Crippen LogP contribution in [0.25, 0.3) is 0 Å². The Morgan fingerprint density at radius 3 is 2.15 bits per heavy atom. The largest absolute Gasteiger partial charge is 0.378 e. The first-order chi connectivity index (χ1) is 9.42. The second-order valence-electron chi connectivity index (χ2n) is 8.81. The Kier molecular flexibility index (Phi) is 2.62. The highest BCUT2D eigenvalue weighted by molar-refractivity contribution is 5.83. The van der Waals surface area contributed by atoms with E-state index in [0.29, 0.717) is 16.7 Å². The summed E-state index contributed by atoms with van der Waals surface area (Å²) in [5.74, 6) is 1.26. The second kappa shape index (κ2) is 4.00. The van der Waals surface area contributed by atoms with Crippen molar-refractivity contribution in [1.82, 2.24) is 4.90 Å². The van der Waals surface area contributed by atoms with Gasteiger partial charge < -0.3 is 9.64 Å². The molecule has 0 aromatic heterocycles. The van der Waals surface area contributed by atoms with E-state index in [1.165, 1.54) is 19.3 Å². The van der Waals surface area contributed by atoms with Crippen LogP contribution in [0.3, 0.4) is 0 Å². The van der Waals surface area contributed by atoms with Gasteiger partial charge in [-0.2, -0.15) is 0 Å². The van der Waals surface area contributed by atoms with Crippen molar-refractivity contribution in [2.75, 3.05) is 26.3 Å². The van der Waals surface area contributed by atoms with Crippen LogP contribution in [0.4, 0.5) is 0 Å². The van der Waals surface area contributed by atoms with Gasteiger partial charge in [0.05, 0.1) is 18.6 Å². The molecule has 5 fully saturated rings. The fourth-order valence-electron chi connectivity index (χ4n) is 6.79. The van der Waals surface area contributed by atoms with Gasteiger partial charge in [0.2, 0.25) is 5.91 Å². The van der Waals surface area contributed by atoms with Crippen molar-refractivity contribution in [3.05, 3.63) is 0 Å². The van der Waals surface area contributed by atoms with Crippen LogP contribution in [0.5, 0.6) is 0 Å². The molecule has 1 aliphatic heterocycles. The lowest BCUT2D eigenvalue weighted by atomic mass is 9.40. The van der Waals surface area contributed by atoms with Gasteiger partial charge in [-0.15, -0.1) is 0 Å². The van der Waals surface area contributed by atoms with Gasteiger partial charge in [0.15, 0.2) is 0 Å². The van der Waals surface area contributed by atoms with E-state index in [1.54, 1.807) is 0 Å². The van der Waals surface area contributed by atoms with E-state index in [0.717, 1.165) is 51.5 Å². The molecule has 1 heterocycles. The molecule has 112 valence electrons. The smallest absolute Gasteiger partial charge is 0.228 e. The molecule has 2 atom stereocenters. The van der Waals surface area contributed by atoms with E-state index < -0.39 is 0 Å². The van der Waals surface area contributed by atoms with E-state index in [4.69, 9.17) is 4.74 Å². The van der Waals surface area contributed by atoms with Gasteiger partial charge >= 0.3 is 0 Å². The van der Waals surface area contributed by atoms with Gasteiger partial charge in [-0.05, 0) is 55.3 Å². The molecule has 1 saturated heterocycles. The number of carbonyl (C=O) groups excluding carboxylic acids is 1. The maximum atomic E-state index is 13.2. The lowest BCUT2D eigenvalue weighted by molar-refractivity contribution is -0.182.